The van der Waals surface area contributed by atoms with E-state index in [2.05, 4.69) is 29.4 Å². The molecule has 1 saturated heterocycles. The number of ether oxygens (including phenoxy) is 1. The topological polar surface area (TPSA) is 54.5 Å². The highest BCUT2D eigenvalue weighted by molar-refractivity contribution is 5.92. The fourth-order valence-electron chi connectivity index (χ4n) is 3.61. The number of carbonyl (C=O) groups excluding carboxylic acids is 1. The number of methoxy groups -OCH3 is 1. The van der Waals surface area contributed by atoms with Gasteiger partial charge in [-0.15, -0.1) is 0 Å². The average Bonchev–Trinajstić information content (AvgIpc) is 2.74. The van der Waals surface area contributed by atoms with E-state index < -0.39 is 0 Å². The Bertz CT molecular complexity index is 728. The van der Waals surface area contributed by atoms with Crippen molar-refractivity contribution >= 4 is 11.6 Å². The van der Waals surface area contributed by atoms with Crippen molar-refractivity contribution in [1.82, 2.24) is 9.88 Å². The Morgan fingerprint density at radius 1 is 1.22 bits per heavy atom. The second-order valence-corrected chi connectivity index (χ2v) is 7.01. The molecule has 5 heteroatoms. The molecule has 0 radical (unpaired) electrons. The van der Waals surface area contributed by atoms with Crippen LogP contribution >= 0.6 is 0 Å². The molecule has 0 spiro atoms. The minimum Gasteiger partial charge on any atom is -0.497 e. The lowest BCUT2D eigenvalue weighted by atomic mass is 9.99. The second kappa shape index (κ2) is 9.40. The predicted octanol–water partition coefficient (Wildman–Crippen LogP) is 4.15. The molecule has 0 aliphatic carbocycles. The van der Waals surface area contributed by atoms with Crippen LogP contribution in [-0.4, -0.2) is 42.0 Å². The van der Waals surface area contributed by atoms with Crippen molar-refractivity contribution in [3.05, 3.63) is 53.9 Å². The molecule has 3 rings (SSSR count). The van der Waals surface area contributed by atoms with Gasteiger partial charge in [0.25, 0.3) is 5.91 Å². The first-order valence-corrected chi connectivity index (χ1v) is 9.85. The Kier molecular flexibility index (Phi) is 6.69. The third-order valence-electron chi connectivity index (χ3n) is 5.24. The molecule has 1 aromatic carbocycles. The van der Waals surface area contributed by atoms with Crippen LogP contribution in [0.5, 0.6) is 5.75 Å². The van der Waals surface area contributed by atoms with Crippen LogP contribution in [0.3, 0.4) is 0 Å². The van der Waals surface area contributed by atoms with Crippen molar-refractivity contribution in [2.45, 2.75) is 45.1 Å². The molecule has 1 amide bonds. The van der Waals surface area contributed by atoms with Crippen LogP contribution < -0.4 is 10.1 Å². The fraction of sp³-hybridized carbons (Fsp3) is 0.455. The Morgan fingerprint density at radius 3 is 2.70 bits per heavy atom. The highest BCUT2D eigenvalue weighted by atomic mass is 16.5. The average molecular weight is 367 g/mol. The Hall–Kier alpha value is -2.56. The minimum atomic E-state index is 0.0614. The molecule has 0 bridgehead atoms. The zero-order chi connectivity index (χ0) is 19.1. The van der Waals surface area contributed by atoms with E-state index in [-0.39, 0.29) is 5.91 Å². The second-order valence-electron chi connectivity index (χ2n) is 7.01. The maximum Gasteiger partial charge on any atom is 0.272 e. The number of rotatable bonds is 7. The molecule has 2 heterocycles. The van der Waals surface area contributed by atoms with Crippen LogP contribution in [0.25, 0.3) is 0 Å². The van der Waals surface area contributed by atoms with Crippen molar-refractivity contribution in [2.24, 2.45) is 0 Å². The number of carbonyl (C=O) groups is 1. The van der Waals surface area contributed by atoms with Crippen molar-refractivity contribution in [3.63, 3.8) is 0 Å². The van der Waals surface area contributed by atoms with E-state index in [1.165, 1.54) is 12.0 Å². The van der Waals surface area contributed by atoms with E-state index in [0.717, 1.165) is 50.2 Å². The van der Waals surface area contributed by atoms with Gasteiger partial charge in [0, 0.05) is 19.1 Å². The third kappa shape index (κ3) is 5.00. The standard InChI is InChI=1S/C22H29N3O2/c1-3-19-6-4-5-15-25(19)22(26)21-12-9-18(16-24-21)23-14-13-17-7-10-20(27-2)11-8-17/h7-12,16,19,23H,3-6,13-15H2,1-2H3. The first-order chi connectivity index (χ1) is 13.2. The SMILES string of the molecule is CCC1CCCCN1C(=O)c1ccc(NCCc2ccc(OC)cc2)cn1. The van der Waals surface area contributed by atoms with Gasteiger partial charge in [-0.3, -0.25) is 4.79 Å². The normalized spacial score (nSPS) is 16.8. The van der Waals surface area contributed by atoms with Gasteiger partial charge >= 0.3 is 0 Å². The summed E-state index contributed by atoms with van der Waals surface area (Å²) in [7, 11) is 1.67. The quantitative estimate of drug-likeness (QED) is 0.799. The number of benzene rings is 1. The van der Waals surface area contributed by atoms with Crippen molar-refractivity contribution in [1.29, 1.82) is 0 Å². The summed E-state index contributed by atoms with van der Waals surface area (Å²) >= 11 is 0. The highest BCUT2D eigenvalue weighted by Gasteiger charge is 2.26. The smallest absolute Gasteiger partial charge is 0.272 e. The number of pyridine rings is 1. The van der Waals surface area contributed by atoms with Gasteiger partial charge in [-0.25, -0.2) is 4.98 Å². The maximum atomic E-state index is 12.8. The number of nitrogens with one attached hydrogen (secondary N) is 1. The number of amides is 1. The van der Waals surface area contributed by atoms with Gasteiger partial charge < -0.3 is 15.0 Å². The number of aromatic nitrogens is 1. The molecular weight excluding hydrogens is 338 g/mol. The van der Waals surface area contributed by atoms with Gasteiger partial charge in [0.05, 0.1) is 19.0 Å². The maximum absolute atomic E-state index is 12.8. The van der Waals surface area contributed by atoms with Crippen LogP contribution in [0.1, 0.15) is 48.7 Å². The Morgan fingerprint density at radius 2 is 2.04 bits per heavy atom. The largest absolute Gasteiger partial charge is 0.497 e. The zero-order valence-corrected chi connectivity index (χ0v) is 16.3. The van der Waals surface area contributed by atoms with Gasteiger partial charge in [0.1, 0.15) is 11.4 Å². The number of hydrogen-bond acceptors (Lipinski definition) is 4. The van der Waals surface area contributed by atoms with Crippen LogP contribution in [0.2, 0.25) is 0 Å². The molecule has 144 valence electrons. The summed E-state index contributed by atoms with van der Waals surface area (Å²) in [6.45, 7) is 3.81. The molecule has 1 aliphatic heterocycles. The number of likely N-dealkylation sites (tertiary alicyclic amines) is 1. The molecule has 2 aromatic rings. The van der Waals surface area contributed by atoms with Gasteiger partial charge in [-0.2, -0.15) is 0 Å². The Balaban J connectivity index is 1.52. The van der Waals surface area contributed by atoms with Gasteiger partial charge in [-0.05, 0) is 61.9 Å². The fourth-order valence-corrected chi connectivity index (χ4v) is 3.61. The summed E-state index contributed by atoms with van der Waals surface area (Å²) in [6.07, 6.45) is 7.09. The molecule has 5 nitrogen and oxygen atoms in total. The van der Waals surface area contributed by atoms with Crippen LogP contribution in [0, 0.1) is 0 Å². The summed E-state index contributed by atoms with van der Waals surface area (Å²) in [4.78, 5) is 19.2. The molecule has 1 aliphatic rings. The molecule has 1 aromatic heterocycles. The van der Waals surface area contributed by atoms with Crippen LogP contribution in [-0.2, 0) is 6.42 Å². The summed E-state index contributed by atoms with van der Waals surface area (Å²) in [5.74, 6) is 0.932. The van der Waals surface area contributed by atoms with Crippen molar-refractivity contribution in [2.75, 3.05) is 25.5 Å². The van der Waals surface area contributed by atoms with Gasteiger partial charge in [-0.1, -0.05) is 19.1 Å². The zero-order valence-electron chi connectivity index (χ0n) is 16.3. The molecule has 1 atom stereocenters. The molecule has 27 heavy (non-hydrogen) atoms. The van der Waals surface area contributed by atoms with Gasteiger partial charge in [0.2, 0.25) is 0 Å². The van der Waals surface area contributed by atoms with Crippen molar-refractivity contribution in [3.8, 4) is 5.75 Å². The molecule has 1 N–H and O–H groups in total. The number of nitrogens with zero attached hydrogens (tertiary/aromatic N) is 2. The monoisotopic (exact) mass is 367 g/mol. The number of anilines is 1. The highest BCUT2D eigenvalue weighted by Crippen LogP contribution is 2.21. The van der Waals surface area contributed by atoms with E-state index >= 15 is 0 Å². The summed E-state index contributed by atoms with van der Waals surface area (Å²) in [5, 5.41) is 3.37. The van der Waals surface area contributed by atoms with E-state index in [4.69, 9.17) is 4.74 Å². The van der Waals surface area contributed by atoms with Crippen LogP contribution in [0.15, 0.2) is 42.6 Å². The predicted molar refractivity (Wildman–Crippen MR) is 108 cm³/mol. The molecule has 1 fully saturated rings. The minimum absolute atomic E-state index is 0.0614. The van der Waals surface area contributed by atoms with E-state index in [1.54, 1.807) is 13.3 Å². The summed E-state index contributed by atoms with van der Waals surface area (Å²) in [6, 6.07) is 12.2. The van der Waals surface area contributed by atoms with E-state index in [9.17, 15) is 4.79 Å². The molecule has 0 saturated carbocycles. The summed E-state index contributed by atoms with van der Waals surface area (Å²) < 4.78 is 5.18. The van der Waals surface area contributed by atoms with E-state index in [0.29, 0.717) is 11.7 Å². The number of piperidine rings is 1. The first kappa shape index (κ1) is 19.2. The number of hydrogen-bond donors (Lipinski definition) is 1. The lowest BCUT2D eigenvalue weighted by Gasteiger charge is -2.35. The van der Waals surface area contributed by atoms with Crippen molar-refractivity contribution < 1.29 is 9.53 Å². The lowest BCUT2D eigenvalue weighted by molar-refractivity contribution is 0.0602. The van der Waals surface area contributed by atoms with E-state index in [1.807, 2.05) is 29.2 Å². The lowest BCUT2D eigenvalue weighted by Crippen LogP contribution is -2.43. The third-order valence-corrected chi connectivity index (χ3v) is 5.24. The Labute approximate surface area is 161 Å². The summed E-state index contributed by atoms with van der Waals surface area (Å²) in [5.41, 5.74) is 2.72. The van der Waals surface area contributed by atoms with Crippen LogP contribution in [0.4, 0.5) is 5.69 Å². The molecular formula is C22H29N3O2. The first-order valence-electron chi connectivity index (χ1n) is 9.85. The molecule has 1 unspecified atom stereocenters. The van der Waals surface area contributed by atoms with Gasteiger partial charge in [0.15, 0.2) is 0 Å².